The van der Waals surface area contributed by atoms with Crippen LogP contribution in [0.4, 0.5) is 18.9 Å². The molecule has 5 nitrogen and oxygen atoms in total. The minimum Gasteiger partial charge on any atom is -0.472 e. The fourth-order valence-electron chi connectivity index (χ4n) is 3.31. The Balaban J connectivity index is 1.52. The van der Waals surface area contributed by atoms with Crippen molar-refractivity contribution in [2.75, 3.05) is 18.0 Å². The van der Waals surface area contributed by atoms with Gasteiger partial charge < -0.3 is 9.64 Å². The van der Waals surface area contributed by atoms with E-state index in [9.17, 15) is 18.4 Å². The molecule has 1 aliphatic heterocycles. The molecule has 0 spiro atoms. The first-order valence-electron chi connectivity index (χ1n) is 8.69. The highest BCUT2D eigenvalue weighted by atomic mass is 19.4. The number of anilines is 1. The van der Waals surface area contributed by atoms with Gasteiger partial charge in [0.1, 0.15) is 17.9 Å². The largest absolute Gasteiger partial charge is 0.472 e. The van der Waals surface area contributed by atoms with E-state index in [0.29, 0.717) is 25.2 Å². The maximum absolute atomic E-state index is 12.6. The molecule has 142 valence electrons. The molecule has 3 aromatic rings. The number of ether oxygens (including phenoxy) is 1. The summed E-state index contributed by atoms with van der Waals surface area (Å²) in [5.41, 5.74) is 1.17. The first-order valence-corrected chi connectivity index (χ1v) is 8.69. The minimum absolute atomic E-state index is 0.164. The zero-order chi connectivity index (χ0) is 19.7. The first kappa shape index (κ1) is 18.0. The average molecular weight is 384 g/mol. The standard InChI is InChI=1S/C20H15F3N4O/c21-20(22,23)13-5-6-19(25-11-13)28-15-7-8-27(12-15)18-9-14(10-24)26-17-4-2-1-3-16(17)18/h1-6,9,11,15H,7-8,12H2. The van der Waals surface area contributed by atoms with Crippen molar-refractivity contribution < 1.29 is 17.9 Å². The van der Waals surface area contributed by atoms with E-state index in [1.54, 1.807) is 6.07 Å². The molecule has 4 rings (SSSR count). The van der Waals surface area contributed by atoms with Crippen LogP contribution in [-0.4, -0.2) is 29.2 Å². The van der Waals surface area contributed by atoms with Crippen molar-refractivity contribution in [2.45, 2.75) is 18.7 Å². The van der Waals surface area contributed by atoms with Gasteiger partial charge in [-0.15, -0.1) is 0 Å². The SMILES string of the molecule is N#Cc1cc(N2CCC(Oc3ccc(C(F)(F)F)cn3)C2)c2ccccc2n1. The van der Waals surface area contributed by atoms with Crippen molar-refractivity contribution in [1.29, 1.82) is 5.26 Å². The number of aromatic nitrogens is 2. The number of hydrogen-bond donors (Lipinski definition) is 0. The van der Waals surface area contributed by atoms with Crippen LogP contribution in [0.3, 0.4) is 0 Å². The Morgan fingerprint density at radius 1 is 1.18 bits per heavy atom. The summed E-state index contributed by atoms with van der Waals surface area (Å²) in [7, 11) is 0. The summed E-state index contributed by atoms with van der Waals surface area (Å²) in [4.78, 5) is 10.2. The van der Waals surface area contributed by atoms with Crippen LogP contribution in [0.15, 0.2) is 48.7 Å². The van der Waals surface area contributed by atoms with Gasteiger partial charge in [-0.1, -0.05) is 18.2 Å². The molecule has 1 aliphatic rings. The van der Waals surface area contributed by atoms with Gasteiger partial charge in [-0.3, -0.25) is 0 Å². The van der Waals surface area contributed by atoms with Gasteiger partial charge in [-0.2, -0.15) is 18.4 Å². The quantitative estimate of drug-likeness (QED) is 0.678. The van der Waals surface area contributed by atoms with Crippen LogP contribution >= 0.6 is 0 Å². The van der Waals surface area contributed by atoms with E-state index >= 15 is 0 Å². The number of pyridine rings is 2. The number of halogens is 3. The highest BCUT2D eigenvalue weighted by Crippen LogP contribution is 2.32. The van der Waals surface area contributed by atoms with Gasteiger partial charge in [0.25, 0.3) is 0 Å². The molecule has 8 heteroatoms. The van der Waals surface area contributed by atoms with Gasteiger partial charge in [0.15, 0.2) is 0 Å². The molecule has 0 aliphatic carbocycles. The highest BCUT2D eigenvalue weighted by Gasteiger charge is 2.31. The Morgan fingerprint density at radius 2 is 2.00 bits per heavy atom. The van der Waals surface area contributed by atoms with Crippen LogP contribution in [0.25, 0.3) is 10.9 Å². The number of rotatable bonds is 3. The van der Waals surface area contributed by atoms with E-state index in [-0.39, 0.29) is 12.0 Å². The summed E-state index contributed by atoms with van der Waals surface area (Å²) in [6, 6.07) is 13.6. The summed E-state index contributed by atoms with van der Waals surface area (Å²) >= 11 is 0. The molecule has 28 heavy (non-hydrogen) atoms. The topological polar surface area (TPSA) is 62.0 Å². The molecular formula is C20H15F3N4O. The predicted octanol–water partition coefficient (Wildman–Crippen LogP) is 4.18. The first-order chi connectivity index (χ1) is 13.4. The van der Waals surface area contributed by atoms with Crippen molar-refractivity contribution in [3.8, 4) is 11.9 Å². The lowest BCUT2D eigenvalue weighted by Gasteiger charge is -2.21. The lowest BCUT2D eigenvalue weighted by molar-refractivity contribution is -0.137. The van der Waals surface area contributed by atoms with Crippen molar-refractivity contribution in [2.24, 2.45) is 0 Å². The molecule has 0 amide bonds. The average Bonchev–Trinajstić information content (AvgIpc) is 3.15. The van der Waals surface area contributed by atoms with Gasteiger partial charge in [0.05, 0.1) is 17.6 Å². The molecule has 1 saturated heterocycles. The number of para-hydroxylation sites is 1. The lowest BCUT2D eigenvalue weighted by atomic mass is 10.1. The molecule has 0 bridgehead atoms. The van der Waals surface area contributed by atoms with Gasteiger partial charge >= 0.3 is 6.18 Å². The summed E-state index contributed by atoms with van der Waals surface area (Å²) in [5, 5.41) is 10.2. The number of nitriles is 1. The molecular weight excluding hydrogens is 369 g/mol. The van der Waals surface area contributed by atoms with E-state index in [1.807, 2.05) is 24.3 Å². The van der Waals surface area contributed by atoms with Gasteiger partial charge in [0.2, 0.25) is 5.88 Å². The second-order valence-electron chi connectivity index (χ2n) is 6.51. The molecule has 1 atom stereocenters. The normalized spacial score (nSPS) is 16.9. The fraction of sp³-hybridized carbons (Fsp3) is 0.250. The summed E-state index contributed by atoms with van der Waals surface area (Å²) < 4.78 is 43.7. The molecule has 0 saturated carbocycles. The molecule has 2 aromatic heterocycles. The Hall–Kier alpha value is -3.34. The Kier molecular flexibility index (Phi) is 4.51. The van der Waals surface area contributed by atoms with E-state index in [4.69, 9.17) is 4.74 Å². The molecule has 0 radical (unpaired) electrons. The van der Waals surface area contributed by atoms with Gasteiger partial charge in [-0.05, 0) is 18.2 Å². The second kappa shape index (κ2) is 7.00. The predicted molar refractivity (Wildman–Crippen MR) is 96.9 cm³/mol. The third-order valence-corrected chi connectivity index (χ3v) is 4.65. The van der Waals surface area contributed by atoms with Crippen LogP contribution < -0.4 is 9.64 Å². The third kappa shape index (κ3) is 3.56. The van der Waals surface area contributed by atoms with Crippen molar-refractivity contribution in [3.63, 3.8) is 0 Å². The van der Waals surface area contributed by atoms with Gasteiger partial charge in [-0.25, -0.2) is 9.97 Å². The van der Waals surface area contributed by atoms with Crippen LogP contribution in [0.5, 0.6) is 5.88 Å². The summed E-state index contributed by atoms with van der Waals surface area (Å²) in [6.45, 7) is 1.24. The summed E-state index contributed by atoms with van der Waals surface area (Å²) in [6.07, 6.45) is -3.16. The van der Waals surface area contributed by atoms with E-state index in [2.05, 4.69) is 20.9 Å². The van der Waals surface area contributed by atoms with Crippen LogP contribution in [0.2, 0.25) is 0 Å². The molecule has 3 heterocycles. The number of hydrogen-bond acceptors (Lipinski definition) is 5. The van der Waals surface area contributed by atoms with Crippen LogP contribution in [0.1, 0.15) is 17.7 Å². The van der Waals surface area contributed by atoms with Crippen molar-refractivity contribution >= 4 is 16.6 Å². The minimum atomic E-state index is -4.42. The molecule has 1 fully saturated rings. The maximum atomic E-state index is 12.6. The zero-order valence-corrected chi connectivity index (χ0v) is 14.6. The van der Waals surface area contributed by atoms with Crippen LogP contribution in [0, 0.1) is 11.3 Å². The van der Waals surface area contributed by atoms with Crippen LogP contribution in [-0.2, 0) is 6.18 Å². The Morgan fingerprint density at radius 3 is 2.71 bits per heavy atom. The van der Waals surface area contributed by atoms with Crippen molar-refractivity contribution in [1.82, 2.24) is 9.97 Å². The van der Waals surface area contributed by atoms with E-state index < -0.39 is 11.7 Å². The molecule has 1 unspecified atom stereocenters. The number of alkyl halides is 3. The third-order valence-electron chi connectivity index (χ3n) is 4.65. The zero-order valence-electron chi connectivity index (χ0n) is 14.6. The second-order valence-corrected chi connectivity index (χ2v) is 6.51. The smallest absolute Gasteiger partial charge is 0.417 e. The number of nitrogens with zero attached hydrogens (tertiary/aromatic N) is 4. The highest BCUT2D eigenvalue weighted by molar-refractivity contribution is 5.92. The summed E-state index contributed by atoms with van der Waals surface area (Å²) in [5.74, 6) is 0.164. The Labute approximate surface area is 159 Å². The fourth-order valence-corrected chi connectivity index (χ4v) is 3.31. The monoisotopic (exact) mass is 384 g/mol. The maximum Gasteiger partial charge on any atom is 0.417 e. The van der Waals surface area contributed by atoms with Gasteiger partial charge in [0, 0.05) is 36.3 Å². The van der Waals surface area contributed by atoms with E-state index in [1.165, 1.54) is 6.07 Å². The Bertz CT molecular complexity index is 1040. The van der Waals surface area contributed by atoms with Crippen molar-refractivity contribution in [3.05, 3.63) is 59.9 Å². The number of fused-ring (bicyclic) bond motifs is 1. The molecule has 0 N–H and O–H groups in total. The lowest BCUT2D eigenvalue weighted by Crippen LogP contribution is -2.25. The molecule has 1 aromatic carbocycles. The number of benzene rings is 1. The van der Waals surface area contributed by atoms with E-state index in [0.717, 1.165) is 28.9 Å².